The fourth-order valence-electron chi connectivity index (χ4n) is 3.56. The van der Waals surface area contributed by atoms with Gasteiger partial charge < -0.3 is 0 Å². The maximum absolute atomic E-state index is 2.32. The molecule has 4 rings (SSSR count). The largest absolute Gasteiger partial charge is 0.0895 e. The van der Waals surface area contributed by atoms with Gasteiger partial charge in [-0.2, -0.15) is 0 Å². The summed E-state index contributed by atoms with van der Waals surface area (Å²) in [6.45, 7) is 0. The Morgan fingerprint density at radius 3 is 2.52 bits per heavy atom. The number of rotatable bonds is 2. The van der Waals surface area contributed by atoms with Crippen LogP contribution in [0.4, 0.5) is 0 Å². The van der Waals surface area contributed by atoms with E-state index in [1.54, 1.807) is 0 Å². The van der Waals surface area contributed by atoms with Crippen molar-refractivity contribution in [2.45, 2.75) is 35.0 Å². The standard InChI is InChI=1S/C24H22S/c1-2-4-10-19(11-5-3-1)18-21-17-16-20-12-6-8-14-23(20)25-24-15-9-7-13-22(21)24/h1-15,21H,16-18H2. The number of hydrogen-bond acceptors (Lipinski definition) is 1. The fraction of sp³-hybridized carbons (Fsp3) is 0.167. The molecule has 1 atom stereocenters. The minimum Gasteiger partial charge on any atom is -0.0895 e. The van der Waals surface area contributed by atoms with Gasteiger partial charge in [0.2, 0.25) is 0 Å². The Labute approximate surface area is 154 Å². The van der Waals surface area contributed by atoms with Crippen LogP contribution in [0.15, 0.2) is 106 Å². The van der Waals surface area contributed by atoms with Gasteiger partial charge in [0.1, 0.15) is 0 Å². The average Bonchev–Trinajstić information content (AvgIpc) is 2.60. The third-order valence-corrected chi connectivity index (χ3v) is 6.07. The summed E-state index contributed by atoms with van der Waals surface area (Å²) in [5, 5.41) is 0. The molecule has 2 aliphatic rings. The molecule has 1 heteroatoms. The van der Waals surface area contributed by atoms with Crippen molar-refractivity contribution >= 4 is 11.8 Å². The summed E-state index contributed by atoms with van der Waals surface area (Å²) in [4.78, 5) is 2.82. The average molecular weight is 343 g/mol. The first kappa shape index (κ1) is 16.2. The molecule has 1 aliphatic carbocycles. The molecule has 0 radical (unpaired) electrons. The van der Waals surface area contributed by atoms with E-state index in [4.69, 9.17) is 0 Å². The van der Waals surface area contributed by atoms with Crippen LogP contribution in [0.3, 0.4) is 0 Å². The molecule has 2 aromatic rings. The number of benzene rings is 2. The highest BCUT2D eigenvalue weighted by Gasteiger charge is 2.20. The van der Waals surface area contributed by atoms with Crippen LogP contribution in [0, 0.1) is 0 Å². The van der Waals surface area contributed by atoms with Gasteiger partial charge in [0.25, 0.3) is 0 Å². The molecule has 0 saturated heterocycles. The Kier molecular flexibility index (Phi) is 5.03. The van der Waals surface area contributed by atoms with E-state index < -0.39 is 0 Å². The second-order valence-corrected chi connectivity index (χ2v) is 7.64. The molecule has 0 nitrogen and oxygen atoms in total. The zero-order valence-electron chi connectivity index (χ0n) is 14.3. The fourth-order valence-corrected chi connectivity index (χ4v) is 4.75. The summed E-state index contributed by atoms with van der Waals surface area (Å²) in [6.07, 6.45) is 18.5. The monoisotopic (exact) mass is 342 g/mol. The van der Waals surface area contributed by atoms with Gasteiger partial charge in [-0.1, -0.05) is 90.7 Å². The van der Waals surface area contributed by atoms with Crippen molar-refractivity contribution in [3.8, 4) is 0 Å². The van der Waals surface area contributed by atoms with Crippen molar-refractivity contribution in [3.63, 3.8) is 0 Å². The lowest BCUT2D eigenvalue weighted by atomic mass is 9.86. The number of allylic oxidation sites excluding steroid dienone is 8. The third-order valence-electron chi connectivity index (χ3n) is 4.86. The second-order valence-electron chi connectivity index (χ2n) is 6.56. The van der Waals surface area contributed by atoms with E-state index in [0.29, 0.717) is 5.92 Å². The van der Waals surface area contributed by atoms with Gasteiger partial charge >= 0.3 is 0 Å². The summed E-state index contributed by atoms with van der Waals surface area (Å²) in [7, 11) is 0. The van der Waals surface area contributed by atoms with Crippen molar-refractivity contribution < 1.29 is 0 Å². The minimum atomic E-state index is 0.560. The van der Waals surface area contributed by atoms with E-state index in [2.05, 4.69) is 91.1 Å². The molecule has 1 heterocycles. The van der Waals surface area contributed by atoms with Gasteiger partial charge in [0.15, 0.2) is 0 Å². The second kappa shape index (κ2) is 7.76. The third kappa shape index (κ3) is 3.88. The molecule has 0 aromatic heterocycles. The first-order chi connectivity index (χ1) is 12.4. The highest BCUT2D eigenvalue weighted by atomic mass is 32.2. The number of hydrogen-bond donors (Lipinski definition) is 0. The highest BCUT2D eigenvalue weighted by molar-refractivity contribution is 7.99. The first-order valence-electron chi connectivity index (χ1n) is 8.95. The molecule has 0 amide bonds. The van der Waals surface area contributed by atoms with Crippen molar-refractivity contribution in [1.29, 1.82) is 0 Å². The van der Waals surface area contributed by atoms with E-state index >= 15 is 0 Å². The van der Waals surface area contributed by atoms with Gasteiger partial charge in [-0.05, 0) is 54.0 Å². The van der Waals surface area contributed by atoms with Crippen LogP contribution < -0.4 is 0 Å². The predicted molar refractivity (Wildman–Crippen MR) is 108 cm³/mol. The van der Waals surface area contributed by atoms with Crippen molar-refractivity contribution in [2.24, 2.45) is 0 Å². The molecule has 25 heavy (non-hydrogen) atoms. The quantitative estimate of drug-likeness (QED) is 0.574. The molecule has 1 aliphatic heterocycles. The topological polar surface area (TPSA) is 0 Å². The van der Waals surface area contributed by atoms with Crippen LogP contribution in [0.5, 0.6) is 0 Å². The molecule has 0 N–H and O–H groups in total. The molecule has 1 unspecified atom stereocenters. The van der Waals surface area contributed by atoms with Crippen LogP contribution in [0.2, 0.25) is 0 Å². The van der Waals surface area contributed by atoms with Crippen molar-refractivity contribution in [2.75, 3.05) is 0 Å². The van der Waals surface area contributed by atoms with Crippen molar-refractivity contribution in [1.82, 2.24) is 0 Å². The lowest BCUT2D eigenvalue weighted by Gasteiger charge is -2.24. The van der Waals surface area contributed by atoms with Crippen molar-refractivity contribution in [3.05, 3.63) is 108 Å². The van der Waals surface area contributed by atoms with E-state index in [1.807, 2.05) is 11.8 Å². The van der Waals surface area contributed by atoms with Gasteiger partial charge in [-0.15, -0.1) is 0 Å². The number of fused-ring (bicyclic) bond motifs is 2. The molecular formula is C24H22S. The van der Waals surface area contributed by atoms with Gasteiger partial charge in [0.05, 0.1) is 0 Å². The SMILES string of the molecule is C1=CC=CC(CC2CCc3ccccc3Sc3ccccc32)=CC=C1. The molecule has 0 fully saturated rings. The summed E-state index contributed by atoms with van der Waals surface area (Å²) in [6, 6.07) is 17.8. The van der Waals surface area contributed by atoms with Crippen LogP contribution in [0.25, 0.3) is 0 Å². The van der Waals surface area contributed by atoms with E-state index in [9.17, 15) is 0 Å². The van der Waals surface area contributed by atoms with Gasteiger partial charge in [0, 0.05) is 9.79 Å². The lowest BCUT2D eigenvalue weighted by molar-refractivity contribution is 0.608. The zero-order chi connectivity index (χ0) is 16.9. The summed E-state index contributed by atoms with van der Waals surface area (Å²) < 4.78 is 0. The maximum Gasteiger partial charge on any atom is 0.0157 e. The maximum atomic E-state index is 2.32. The zero-order valence-corrected chi connectivity index (χ0v) is 15.1. The molecule has 0 bridgehead atoms. The Balaban J connectivity index is 1.67. The molecular weight excluding hydrogens is 320 g/mol. The van der Waals surface area contributed by atoms with Crippen LogP contribution in [-0.4, -0.2) is 0 Å². The smallest absolute Gasteiger partial charge is 0.0157 e. The van der Waals surface area contributed by atoms with Crippen LogP contribution >= 0.6 is 11.8 Å². The highest BCUT2D eigenvalue weighted by Crippen LogP contribution is 2.42. The molecule has 2 aromatic carbocycles. The molecule has 124 valence electrons. The minimum absolute atomic E-state index is 0.560. The molecule has 0 saturated carbocycles. The van der Waals surface area contributed by atoms with E-state index in [0.717, 1.165) is 12.8 Å². The normalized spacial score (nSPS) is 19.0. The predicted octanol–water partition coefficient (Wildman–Crippen LogP) is 6.87. The first-order valence-corrected chi connectivity index (χ1v) is 9.77. The number of aryl methyl sites for hydroxylation is 1. The Bertz CT molecular complexity index is 867. The Hall–Kier alpha value is -2.25. The summed E-state index contributed by atoms with van der Waals surface area (Å²) >= 11 is 1.93. The van der Waals surface area contributed by atoms with Crippen LogP contribution in [0.1, 0.15) is 29.9 Å². The Morgan fingerprint density at radius 1 is 0.800 bits per heavy atom. The Morgan fingerprint density at radius 2 is 1.56 bits per heavy atom. The summed E-state index contributed by atoms with van der Waals surface area (Å²) in [5.74, 6) is 0.560. The van der Waals surface area contributed by atoms with E-state index in [1.165, 1.54) is 32.9 Å². The van der Waals surface area contributed by atoms with Crippen LogP contribution in [-0.2, 0) is 6.42 Å². The lowest BCUT2D eigenvalue weighted by Crippen LogP contribution is -2.07. The van der Waals surface area contributed by atoms with Gasteiger partial charge in [-0.3, -0.25) is 0 Å². The van der Waals surface area contributed by atoms with E-state index in [-0.39, 0.29) is 0 Å². The summed E-state index contributed by atoms with van der Waals surface area (Å²) in [5.41, 5.74) is 4.38. The molecule has 0 spiro atoms. The van der Waals surface area contributed by atoms with Gasteiger partial charge in [-0.25, -0.2) is 0 Å².